The third kappa shape index (κ3) is 3.50. The van der Waals surface area contributed by atoms with Crippen molar-refractivity contribution in [2.45, 2.75) is 38.6 Å². The third-order valence-electron chi connectivity index (χ3n) is 3.81. The van der Waals surface area contributed by atoms with E-state index in [1.807, 2.05) is 0 Å². The van der Waals surface area contributed by atoms with Crippen molar-refractivity contribution in [2.24, 2.45) is 17.4 Å². The predicted molar refractivity (Wildman–Crippen MR) is 78.5 cm³/mol. The normalized spacial score (nSPS) is 22.2. The molecule has 5 nitrogen and oxygen atoms in total. The maximum atomic E-state index is 11.3. The maximum absolute atomic E-state index is 11.3. The summed E-state index contributed by atoms with van der Waals surface area (Å²) in [5.74, 6) is -0.433. The Morgan fingerprint density at radius 1 is 1.10 bits per heavy atom. The lowest BCUT2D eigenvalue weighted by atomic mass is 9.87. The van der Waals surface area contributed by atoms with E-state index in [-0.39, 0.29) is 0 Å². The second kappa shape index (κ2) is 5.94. The monoisotopic (exact) mass is 275 g/mol. The highest BCUT2D eigenvalue weighted by Crippen LogP contribution is 2.27. The van der Waals surface area contributed by atoms with Crippen molar-refractivity contribution < 1.29 is 9.59 Å². The summed E-state index contributed by atoms with van der Waals surface area (Å²) < 4.78 is 0. The van der Waals surface area contributed by atoms with Crippen molar-refractivity contribution in [1.29, 1.82) is 0 Å². The molecule has 20 heavy (non-hydrogen) atoms. The van der Waals surface area contributed by atoms with Gasteiger partial charge in [0, 0.05) is 22.9 Å². The fraction of sp³-hybridized carbons (Fsp3) is 0.467. The number of primary amides is 2. The van der Waals surface area contributed by atoms with E-state index in [1.165, 1.54) is 18.9 Å². The molecule has 108 valence electrons. The van der Waals surface area contributed by atoms with Crippen LogP contribution in [-0.2, 0) is 0 Å². The van der Waals surface area contributed by atoms with Crippen LogP contribution < -0.4 is 16.8 Å². The van der Waals surface area contributed by atoms with E-state index in [9.17, 15) is 9.59 Å². The number of rotatable bonds is 4. The average molecular weight is 275 g/mol. The van der Waals surface area contributed by atoms with Crippen molar-refractivity contribution in [3.63, 3.8) is 0 Å². The van der Waals surface area contributed by atoms with Gasteiger partial charge in [0.05, 0.1) is 0 Å². The van der Waals surface area contributed by atoms with E-state index in [4.69, 9.17) is 11.5 Å². The second-order valence-corrected chi connectivity index (χ2v) is 5.64. The summed E-state index contributed by atoms with van der Waals surface area (Å²) in [5.41, 5.74) is 11.9. The quantitative estimate of drug-likeness (QED) is 0.782. The minimum Gasteiger partial charge on any atom is -0.382 e. The molecule has 1 aliphatic rings. The van der Waals surface area contributed by atoms with E-state index in [0.29, 0.717) is 23.1 Å². The highest BCUT2D eigenvalue weighted by atomic mass is 16.1. The van der Waals surface area contributed by atoms with Gasteiger partial charge < -0.3 is 16.8 Å². The third-order valence-corrected chi connectivity index (χ3v) is 3.81. The Hall–Kier alpha value is -2.04. The number of amides is 2. The number of carbonyl (C=O) groups excluding carboxylic acids is 2. The van der Waals surface area contributed by atoms with Gasteiger partial charge in [0.25, 0.3) is 0 Å². The Bertz CT molecular complexity index is 496. The van der Waals surface area contributed by atoms with Gasteiger partial charge in [-0.3, -0.25) is 9.59 Å². The standard InChI is InChI=1S/C15H21N3O2/c1-9-3-2-4-12(5-9)18-13-7-10(14(16)19)6-11(8-13)15(17)20/h6-9,12,18H,2-5H2,1H3,(H2,16,19)(H2,17,20). The lowest BCUT2D eigenvalue weighted by Gasteiger charge is -2.28. The largest absolute Gasteiger partial charge is 0.382 e. The van der Waals surface area contributed by atoms with E-state index < -0.39 is 11.8 Å². The van der Waals surface area contributed by atoms with E-state index in [0.717, 1.165) is 18.5 Å². The molecule has 0 bridgehead atoms. The van der Waals surface area contributed by atoms with Crippen LogP contribution >= 0.6 is 0 Å². The van der Waals surface area contributed by atoms with Crippen LogP contribution in [-0.4, -0.2) is 17.9 Å². The van der Waals surface area contributed by atoms with Crippen molar-refractivity contribution in [2.75, 3.05) is 5.32 Å². The molecule has 0 heterocycles. The van der Waals surface area contributed by atoms with E-state index in [2.05, 4.69) is 12.2 Å². The minimum atomic E-state index is -0.562. The van der Waals surface area contributed by atoms with Gasteiger partial charge in [0.1, 0.15) is 0 Å². The molecule has 1 saturated carbocycles. The first-order chi connectivity index (χ1) is 9.45. The zero-order valence-corrected chi connectivity index (χ0v) is 11.7. The lowest BCUT2D eigenvalue weighted by molar-refractivity contribution is 0.0999. The van der Waals surface area contributed by atoms with Crippen molar-refractivity contribution in [3.05, 3.63) is 29.3 Å². The Morgan fingerprint density at radius 3 is 2.20 bits per heavy atom. The fourth-order valence-electron chi connectivity index (χ4n) is 2.80. The highest BCUT2D eigenvalue weighted by molar-refractivity contribution is 5.99. The van der Waals surface area contributed by atoms with Gasteiger partial charge in [-0.05, 0) is 37.0 Å². The summed E-state index contributed by atoms with van der Waals surface area (Å²) >= 11 is 0. The number of carbonyl (C=O) groups is 2. The SMILES string of the molecule is CC1CCCC(Nc2cc(C(N)=O)cc(C(N)=O)c2)C1. The van der Waals surface area contributed by atoms with Crippen molar-refractivity contribution >= 4 is 17.5 Å². The molecule has 0 aliphatic heterocycles. The zero-order chi connectivity index (χ0) is 14.7. The first-order valence-electron chi connectivity index (χ1n) is 6.97. The number of nitrogens with two attached hydrogens (primary N) is 2. The molecule has 1 aliphatic carbocycles. The smallest absolute Gasteiger partial charge is 0.248 e. The van der Waals surface area contributed by atoms with Gasteiger partial charge in [-0.25, -0.2) is 0 Å². The molecular weight excluding hydrogens is 254 g/mol. The fourth-order valence-corrected chi connectivity index (χ4v) is 2.80. The molecule has 2 atom stereocenters. The molecule has 0 aromatic heterocycles. The van der Waals surface area contributed by atoms with Crippen LogP contribution in [0.2, 0.25) is 0 Å². The zero-order valence-electron chi connectivity index (χ0n) is 11.7. The van der Waals surface area contributed by atoms with Gasteiger partial charge in [-0.2, -0.15) is 0 Å². The van der Waals surface area contributed by atoms with E-state index in [1.54, 1.807) is 12.1 Å². The molecule has 0 radical (unpaired) electrons. The van der Waals surface area contributed by atoms with Crippen LogP contribution in [0, 0.1) is 5.92 Å². The molecule has 1 aromatic carbocycles. The van der Waals surface area contributed by atoms with Crippen LogP contribution in [0.3, 0.4) is 0 Å². The highest BCUT2D eigenvalue weighted by Gasteiger charge is 2.19. The van der Waals surface area contributed by atoms with Gasteiger partial charge in [0.15, 0.2) is 0 Å². The molecular formula is C15H21N3O2. The summed E-state index contributed by atoms with van der Waals surface area (Å²) in [7, 11) is 0. The molecule has 1 fully saturated rings. The molecule has 2 unspecified atom stereocenters. The minimum absolute atomic E-state index is 0.299. The topological polar surface area (TPSA) is 98.2 Å². The molecule has 5 heteroatoms. The predicted octanol–water partition coefficient (Wildman–Crippen LogP) is 1.87. The Kier molecular flexibility index (Phi) is 4.27. The van der Waals surface area contributed by atoms with Gasteiger partial charge in [0.2, 0.25) is 11.8 Å². The van der Waals surface area contributed by atoms with Crippen LogP contribution in [0.15, 0.2) is 18.2 Å². The Balaban J connectivity index is 2.21. The van der Waals surface area contributed by atoms with Crippen molar-refractivity contribution in [3.8, 4) is 0 Å². The maximum Gasteiger partial charge on any atom is 0.248 e. The van der Waals surface area contributed by atoms with Crippen LogP contribution in [0.1, 0.15) is 53.3 Å². The number of hydrogen-bond donors (Lipinski definition) is 3. The molecule has 5 N–H and O–H groups in total. The molecule has 0 spiro atoms. The second-order valence-electron chi connectivity index (χ2n) is 5.64. The molecule has 2 rings (SSSR count). The number of benzene rings is 1. The lowest BCUT2D eigenvalue weighted by Crippen LogP contribution is -2.26. The number of anilines is 1. The van der Waals surface area contributed by atoms with Crippen molar-refractivity contribution in [1.82, 2.24) is 0 Å². The Morgan fingerprint density at radius 2 is 1.70 bits per heavy atom. The molecule has 1 aromatic rings. The van der Waals surface area contributed by atoms with Gasteiger partial charge >= 0.3 is 0 Å². The average Bonchev–Trinajstić information content (AvgIpc) is 2.38. The van der Waals surface area contributed by atoms with Crippen LogP contribution in [0.5, 0.6) is 0 Å². The summed E-state index contributed by atoms with van der Waals surface area (Å²) in [4.78, 5) is 22.6. The first kappa shape index (κ1) is 14.4. The summed E-state index contributed by atoms with van der Waals surface area (Å²) in [6, 6.07) is 5.14. The molecule has 2 amide bonds. The van der Waals surface area contributed by atoms with E-state index >= 15 is 0 Å². The van der Waals surface area contributed by atoms with Crippen LogP contribution in [0.25, 0.3) is 0 Å². The summed E-state index contributed by atoms with van der Waals surface area (Å²) in [6.45, 7) is 2.24. The summed E-state index contributed by atoms with van der Waals surface area (Å²) in [6.07, 6.45) is 4.63. The van der Waals surface area contributed by atoms with Gasteiger partial charge in [-0.1, -0.05) is 19.8 Å². The number of hydrogen-bond acceptors (Lipinski definition) is 3. The Labute approximate surface area is 118 Å². The first-order valence-corrected chi connectivity index (χ1v) is 6.97. The molecule has 0 saturated heterocycles. The van der Waals surface area contributed by atoms with Gasteiger partial charge in [-0.15, -0.1) is 0 Å². The summed E-state index contributed by atoms with van der Waals surface area (Å²) in [5, 5.41) is 3.39. The van der Waals surface area contributed by atoms with Crippen LogP contribution in [0.4, 0.5) is 5.69 Å². The number of nitrogens with one attached hydrogen (secondary N) is 1.